The molecule has 0 aliphatic rings. The fourth-order valence-electron chi connectivity index (χ4n) is 3.03. The summed E-state index contributed by atoms with van der Waals surface area (Å²) in [7, 11) is 0. The lowest BCUT2D eigenvalue weighted by Crippen LogP contribution is -2.25. The number of hydrogen-bond acceptors (Lipinski definition) is 5. The first-order chi connectivity index (χ1) is 14.3. The summed E-state index contributed by atoms with van der Waals surface area (Å²) in [6.45, 7) is 0.219. The Kier molecular flexibility index (Phi) is 5.13. The molecular weight excluding hydrogens is 413 g/mol. The molecule has 4 rings (SSSR count). The Morgan fingerprint density at radius 1 is 1.03 bits per heavy atom. The maximum absolute atomic E-state index is 13.8. The van der Waals surface area contributed by atoms with Crippen molar-refractivity contribution in [3.63, 3.8) is 0 Å². The zero-order valence-corrected chi connectivity index (χ0v) is 16.2. The first-order valence-electron chi connectivity index (χ1n) is 8.87. The van der Waals surface area contributed by atoms with Crippen molar-refractivity contribution in [3.8, 4) is 11.1 Å². The molecule has 0 saturated heterocycles. The third-order valence-corrected chi connectivity index (χ3v) is 5.33. The van der Waals surface area contributed by atoms with E-state index in [1.807, 2.05) is 17.5 Å². The van der Waals surface area contributed by atoms with Crippen LogP contribution in [0.5, 0.6) is 0 Å². The van der Waals surface area contributed by atoms with Crippen LogP contribution in [0.15, 0.2) is 60.0 Å². The minimum atomic E-state index is -4.69. The zero-order valence-electron chi connectivity index (χ0n) is 15.4. The quantitative estimate of drug-likeness (QED) is 0.485. The van der Waals surface area contributed by atoms with E-state index in [1.165, 1.54) is 17.4 Å². The molecule has 4 aromatic rings. The van der Waals surface area contributed by atoms with Crippen molar-refractivity contribution < 1.29 is 18.0 Å². The van der Waals surface area contributed by atoms with Crippen LogP contribution in [0, 0.1) is 0 Å². The van der Waals surface area contributed by atoms with Crippen molar-refractivity contribution in [2.24, 2.45) is 0 Å². The fourth-order valence-corrected chi connectivity index (χ4v) is 3.67. The molecule has 0 atom stereocenters. The van der Waals surface area contributed by atoms with Gasteiger partial charge in [0.05, 0.1) is 17.6 Å². The number of anilines is 1. The molecule has 9 heteroatoms. The number of nitrogens with zero attached hydrogens (tertiary/aromatic N) is 2. The van der Waals surface area contributed by atoms with Crippen molar-refractivity contribution in [2.75, 3.05) is 5.73 Å². The van der Waals surface area contributed by atoms with Gasteiger partial charge in [-0.05, 0) is 34.7 Å². The number of rotatable bonds is 4. The number of halogens is 3. The van der Waals surface area contributed by atoms with Gasteiger partial charge in [0.25, 0.3) is 5.91 Å². The maximum Gasteiger partial charge on any atom is 0.418 e. The molecule has 30 heavy (non-hydrogen) atoms. The molecule has 0 fully saturated rings. The number of hydrogen-bond donors (Lipinski definition) is 2. The van der Waals surface area contributed by atoms with E-state index in [0.717, 1.165) is 10.9 Å². The van der Waals surface area contributed by atoms with Gasteiger partial charge in [-0.25, -0.2) is 9.97 Å². The van der Waals surface area contributed by atoms with Crippen LogP contribution in [0.2, 0.25) is 0 Å². The van der Waals surface area contributed by atoms with Gasteiger partial charge in [-0.3, -0.25) is 4.79 Å². The van der Waals surface area contributed by atoms with Crippen LogP contribution in [0.3, 0.4) is 0 Å². The number of nitrogen functional groups attached to an aromatic ring is 1. The molecule has 0 bridgehead atoms. The van der Waals surface area contributed by atoms with E-state index in [2.05, 4.69) is 15.3 Å². The van der Waals surface area contributed by atoms with Gasteiger partial charge in [0.15, 0.2) is 0 Å². The summed E-state index contributed by atoms with van der Waals surface area (Å²) in [5.41, 5.74) is 5.50. The van der Waals surface area contributed by atoms with Crippen LogP contribution in [0.4, 0.5) is 19.0 Å². The summed E-state index contributed by atoms with van der Waals surface area (Å²) in [5, 5.41) is 4.49. The van der Waals surface area contributed by atoms with E-state index in [0.29, 0.717) is 11.1 Å². The van der Waals surface area contributed by atoms with E-state index < -0.39 is 29.0 Å². The Hall–Kier alpha value is -3.46. The summed E-state index contributed by atoms with van der Waals surface area (Å²) >= 11 is 1.44. The summed E-state index contributed by atoms with van der Waals surface area (Å²) < 4.78 is 41.4. The Labute approximate surface area is 173 Å². The number of aromatic nitrogens is 2. The van der Waals surface area contributed by atoms with Gasteiger partial charge >= 0.3 is 6.18 Å². The lowest BCUT2D eigenvalue weighted by atomic mass is 9.99. The lowest BCUT2D eigenvalue weighted by molar-refractivity contribution is -0.136. The van der Waals surface area contributed by atoms with Gasteiger partial charge in [-0.2, -0.15) is 13.2 Å². The number of carbonyl (C=O) groups is 1. The molecule has 0 unspecified atom stereocenters. The molecule has 0 saturated carbocycles. The number of amides is 1. The van der Waals surface area contributed by atoms with E-state index >= 15 is 0 Å². The number of nitrogens with one attached hydrogen (secondary N) is 1. The summed E-state index contributed by atoms with van der Waals surface area (Å²) in [6.07, 6.45) is -4.69. The highest BCUT2D eigenvalue weighted by atomic mass is 32.1. The van der Waals surface area contributed by atoms with Crippen molar-refractivity contribution >= 4 is 34.0 Å². The maximum atomic E-state index is 13.8. The molecule has 2 aromatic carbocycles. The smallest absolute Gasteiger partial charge is 0.383 e. The van der Waals surface area contributed by atoms with Gasteiger partial charge < -0.3 is 11.1 Å². The SMILES string of the molecule is Nc1nc(C(=O)NCc2cccs2)nc2c(C(F)(F)F)cc(-c3ccccc3)cc12. The third-order valence-electron chi connectivity index (χ3n) is 4.45. The largest absolute Gasteiger partial charge is 0.418 e. The average Bonchev–Trinajstić information content (AvgIpc) is 3.25. The third kappa shape index (κ3) is 3.97. The molecule has 5 nitrogen and oxygen atoms in total. The van der Waals surface area contributed by atoms with E-state index in [9.17, 15) is 18.0 Å². The lowest BCUT2D eigenvalue weighted by Gasteiger charge is -2.14. The highest BCUT2D eigenvalue weighted by Crippen LogP contribution is 2.38. The molecule has 152 valence electrons. The van der Waals surface area contributed by atoms with Crippen molar-refractivity contribution in [1.82, 2.24) is 15.3 Å². The number of nitrogens with two attached hydrogens (primary N) is 1. The molecule has 1 amide bonds. The number of alkyl halides is 3. The fraction of sp³-hybridized carbons (Fsp3) is 0.0952. The predicted octanol–water partition coefficient (Wildman–Crippen LogP) is 4.89. The standard InChI is InChI=1S/C21H15F3N4OS/c22-21(23,24)16-10-13(12-5-2-1-3-6-12)9-15-17(16)27-19(28-18(15)25)20(29)26-11-14-7-4-8-30-14/h1-10H,11H2,(H,26,29)(H2,25,27,28). The van der Waals surface area contributed by atoms with Gasteiger partial charge in [0, 0.05) is 10.3 Å². The van der Waals surface area contributed by atoms with Crippen LogP contribution in [-0.4, -0.2) is 15.9 Å². The van der Waals surface area contributed by atoms with Gasteiger partial charge in [-0.1, -0.05) is 36.4 Å². The zero-order chi connectivity index (χ0) is 21.3. The summed E-state index contributed by atoms with van der Waals surface area (Å²) in [6, 6.07) is 14.8. The number of fused-ring (bicyclic) bond motifs is 1. The molecule has 0 spiro atoms. The van der Waals surface area contributed by atoms with Crippen LogP contribution in [0.25, 0.3) is 22.0 Å². The Morgan fingerprint density at radius 3 is 2.47 bits per heavy atom. The monoisotopic (exact) mass is 428 g/mol. The second-order valence-corrected chi connectivity index (χ2v) is 7.51. The minimum absolute atomic E-state index is 0.0403. The van der Waals surface area contributed by atoms with Gasteiger partial charge in [-0.15, -0.1) is 11.3 Å². The first-order valence-corrected chi connectivity index (χ1v) is 9.75. The second kappa shape index (κ2) is 7.75. The van der Waals surface area contributed by atoms with Gasteiger partial charge in [0.1, 0.15) is 5.82 Å². The van der Waals surface area contributed by atoms with Crippen LogP contribution < -0.4 is 11.1 Å². The Morgan fingerprint density at radius 2 is 1.80 bits per heavy atom. The number of carbonyl (C=O) groups excluding carboxylic acids is 1. The summed E-state index contributed by atoms with van der Waals surface area (Å²) in [4.78, 5) is 21.2. The minimum Gasteiger partial charge on any atom is -0.383 e. The predicted molar refractivity (Wildman–Crippen MR) is 110 cm³/mol. The van der Waals surface area contributed by atoms with Crippen LogP contribution in [-0.2, 0) is 12.7 Å². The molecule has 0 aliphatic carbocycles. The topological polar surface area (TPSA) is 80.9 Å². The van der Waals surface area contributed by atoms with E-state index in [-0.39, 0.29) is 17.7 Å². The van der Waals surface area contributed by atoms with Crippen molar-refractivity contribution in [3.05, 3.63) is 76.2 Å². The van der Waals surface area contributed by atoms with Crippen LogP contribution >= 0.6 is 11.3 Å². The van der Waals surface area contributed by atoms with Crippen molar-refractivity contribution in [1.29, 1.82) is 0 Å². The Balaban J connectivity index is 1.80. The molecular formula is C21H15F3N4OS. The van der Waals surface area contributed by atoms with E-state index in [1.54, 1.807) is 30.3 Å². The molecule has 3 N–H and O–H groups in total. The highest BCUT2D eigenvalue weighted by Gasteiger charge is 2.35. The summed E-state index contributed by atoms with van der Waals surface area (Å²) in [5.74, 6) is -1.30. The molecule has 0 radical (unpaired) electrons. The van der Waals surface area contributed by atoms with E-state index in [4.69, 9.17) is 5.73 Å². The average molecular weight is 428 g/mol. The van der Waals surface area contributed by atoms with Crippen LogP contribution in [0.1, 0.15) is 21.1 Å². The molecule has 0 aliphatic heterocycles. The first kappa shape index (κ1) is 19.8. The molecule has 2 heterocycles. The second-order valence-electron chi connectivity index (χ2n) is 6.48. The van der Waals surface area contributed by atoms with Crippen molar-refractivity contribution in [2.45, 2.75) is 12.7 Å². The highest BCUT2D eigenvalue weighted by molar-refractivity contribution is 7.09. The normalized spacial score (nSPS) is 11.6. The molecule has 2 aromatic heterocycles. The van der Waals surface area contributed by atoms with Gasteiger partial charge in [0.2, 0.25) is 5.82 Å². The Bertz CT molecular complexity index is 1210. The number of thiophene rings is 1. The number of benzene rings is 2.